The maximum Gasteiger partial charge on any atom is 0.317 e. The predicted molar refractivity (Wildman–Crippen MR) is 106 cm³/mol. The van der Waals surface area contributed by atoms with Gasteiger partial charge < -0.3 is 10.2 Å². The second-order valence-corrected chi connectivity index (χ2v) is 7.50. The van der Waals surface area contributed by atoms with E-state index in [1.54, 1.807) is 0 Å². The molecule has 1 aliphatic heterocycles. The molecule has 1 saturated carbocycles. The van der Waals surface area contributed by atoms with Crippen molar-refractivity contribution in [1.82, 2.24) is 20.0 Å². The highest BCUT2D eigenvalue weighted by Gasteiger charge is 2.30. The summed E-state index contributed by atoms with van der Waals surface area (Å²) in [5, 5.41) is 3.16. The van der Waals surface area contributed by atoms with Gasteiger partial charge in [0.15, 0.2) is 0 Å². The van der Waals surface area contributed by atoms with Crippen molar-refractivity contribution in [3.8, 4) is 0 Å². The standard InChI is InChI=1S/C21H34N4O/c1-3-23(4-2)17-19-9-6-5-8-18(19)16-22-21(26)25-13-7-12-24(14-15-25)20-10-11-20/h5-6,8-9,20H,3-4,7,10-17H2,1-2H3,(H,22,26). The molecule has 3 rings (SSSR count). The molecule has 2 fully saturated rings. The lowest BCUT2D eigenvalue weighted by Gasteiger charge is -2.23. The number of benzene rings is 1. The summed E-state index contributed by atoms with van der Waals surface area (Å²) in [4.78, 5) is 19.6. The Morgan fingerprint density at radius 2 is 1.81 bits per heavy atom. The Morgan fingerprint density at radius 3 is 2.50 bits per heavy atom. The average Bonchev–Trinajstić information content (AvgIpc) is 3.51. The van der Waals surface area contributed by atoms with Gasteiger partial charge in [-0.2, -0.15) is 0 Å². The van der Waals surface area contributed by atoms with Crippen LogP contribution >= 0.6 is 0 Å². The average molecular weight is 359 g/mol. The third-order valence-corrected chi connectivity index (χ3v) is 5.72. The first kappa shape index (κ1) is 19.2. The molecule has 1 aromatic carbocycles. The molecule has 0 atom stereocenters. The van der Waals surface area contributed by atoms with Crippen LogP contribution in [0.15, 0.2) is 24.3 Å². The first-order valence-corrected chi connectivity index (χ1v) is 10.3. The first-order chi connectivity index (χ1) is 12.7. The van der Waals surface area contributed by atoms with E-state index >= 15 is 0 Å². The fraction of sp³-hybridized carbons (Fsp3) is 0.667. The molecule has 26 heavy (non-hydrogen) atoms. The summed E-state index contributed by atoms with van der Waals surface area (Å²) in [7, 11) is 0. The van der Waals surface area contributed by atoms with Gasteiger partial charge in [-0.3, -0.25) is 9.80 Å². The number of carbonyl (C=O) groups is 1. The van der Waals surface area contributed by atoms with Crippen LogP contribution in [0.2, 0.25) is 0 Å². The highest BCUT2D eigenvalue weighted by Crippen LogP contribution is 2.27. The van der Waals surface area contributed by atoms with E-state index in [9.17, 15) is 4.79 Å². The van der Waals surface area contributed by atoms with Gasteiger partial charge >= 0.3 is 6.03 Å². The molecule has 0 radical (unpaired) electrons. The van der Waals surface area contributed by atoms with E-state index in [1.807, 2.05) is 4.90 Å². The van der Waals surface area contributed by atoms with Crippen molar-refractivity contribution < 1.29 is 4.79 Å². The molecule has 1 saturated heterocycles. The van der Waals surface area contributed by atoms with Crippen LogP contribution in [0.3, 0.4) is 0 Å². The van der Waals surface area contributed by atoms with Gasteiger partial charge in [-0.15, -0.1) is 0 Å². The highest BCUT2D eigenvalue weighted by atomic mass is 16.2. The first-order valence-electron chi connectivity index (χ1n) is 10.3. The minimum atomic E-state index is 0.0836. The molecule has 2 aliphatic rings. The zero-order chi connectivity index (χ0) is 18.4. The van der Waals surface area contributed by atoms with Crippen molar-refractivity contribution in [2.45, 2.75) is 52.2 Å². The summed E-state index contributed by atoms with van der Waals surface area (Å²) in [5.41, 5.74) is 2.54. The van der Waals surface area contributed by atoms with E-state index in [-0.39, 0.29) is 6.03 Å². The van der Waals surface area contributed by atoms with Gasteiger partial charge in [0.05, 0.1) is 0 Å². The van der Waals surface area contributed by atoms with Crippen LogP contribution in [-0.4, -0.2) is 66.0 Å². The van der Waals surface area contributed by atoms with Gasteiger partial charge in [-0.25, -0.2) is 4.79 Å². The van der Waals surface area contributed by atoms with E-state index in [0.717, 1.165) is 58.3 Å². The molecule has 1 aliphatic carbocycles. The number of nitrogens with zero attached hydrogens (tertiary/aromatic N) is 3. The largest absolute Gasteiger partial charge is 0.334 e. The lowest BCUT2D eigenvalue weighted by atomic mass is 10.1. The molecule has 0 bridgehead atoms. The van der Waals surface area contributed by atoms with Crippen LogP contribution in [0.1, 0.15) is 44.2 Å². The highest BCUT2D eigenvalue weighted by molar-refractivity contribution is 5.74. The predicted octanol–water partition coefficient (Wildman–Crippen LogP) is 2.91. The van der Waals surface area contributed by atoms with Crippen molar-refractivity contribution in [2.75, 3.05) is 39.3 Å². The number of nitrogens with one attached hydrogen (secondary N) is 1. The maximum absolute atomic E-state index is 12.6. The molecule has 144 valence electrons. The van der Waals surface area contributed by atoms with Crippen molar-refractivity contribution in [3.63, 3.8) is 0 Å². The van der Waals surface area contributed by atoms with E-state index < -0.39 is 0 Å². The minimum absolute atomic E-state index is 0.0836. The molecule has 1 heterocycles. The molecule has 5 heteroatoms. The van der Waals surface area contributed by atoms with E-state index in [0.29, 0.717) is 6.54 Å². The Balaban J connectivity index is 1.52. The van der Waals surface area contributed by atoms with E-state index in [2.05, 4.69) is 53.2 Å². The number of carbonyl (C=O) groups excluding carboxylic acids is 1. The Kier molecular flexibility index (Phi) is 6.92. The summed E-state index contributed by atoms with van der Waals surface area (Å²) < 4.78 is 0. The lowest BCUT2D eigenvalue weighted by Crippen LogP contribution is -2.42. The summed E-state index contributed by atoms with van der Waals surface area (Å²) in [6.45, 7) is 11.9. The Hall–Kier alpha value is -1.59. The molecular weight excluding hydrogens is 324 g/mol. The minimum Gasteiger partial charge on any atom is -0.334 e. The lowest BCUT2D eigenvalue weighted by molar-refractivity contribution is 0.197. The molecule has 1 N–H and O–H groups in total. The molecule has 0 unspecified atom stereocenters. The smallest absolute Gasteiger partial charge is 0.317 e. The van der Waals surface area contributed by atoms with Gasteiger partial charge in [0.25, 0.3) is 0 Å². The second-order valence-electron chi connectivity index (χ2n) is 7.50. The van der Waals surface area contributed by atoms with Crippen molar-refractivity contribution in [2.24, 2.45) is 0 Å². The van der Waals surface area contributed by atoms with Crippen molar-refractivity contribution in [3.05, 3.63) is 35.4 Å². The van der Waals surface area contributed by atoms with Crippen LogP contribution in [0.4, 0.5) is 4.79 Å². The Labute approximate surface area is 158 Å². The quantitative estimate of drug-likeness (QED) is 0.815. The van der Waals surface area contributed by atoms with E-state index in [4.69, 9.17) is 0 Å². The van der Waals surface area contributed by atoms with Gasteiger partial charge in [0, 0.05) is 45.3 Å². The zero-order valence-corrected chi connectivity index (χ0v) is 16.4. The summed E-state index contributed by atoms with van der Waals surface area (Å²) >= 11 is 0. The summed E-state index contributed by atoms with van der Waals surface area (Å²) in [5.74, 6) is 0. The van der Waals surface area contributed by atoms with Gasteiger partial charge in [0.2, 0.25) is 0 Å². The molecule has 0 spiro atoms. The molecule has 1 aromatic rings. The Bertz CT molecular complexity index is 583. The maximum atomic E-state index is 12.6. The van der Waals surface area contributed by atoms with E-state index in [1.165, 1.54) is 24.0 Å². The third-order valence-electron chi connectivity index (χ3n) is 5.72. The monoisotopic (exact) mass is 358 g/mol. The molecular formula is C21H34N4O. The Morgan fingerprint density at radius 1 is 1.08 bits per heavy atom. The van der Waals surface area contributed by atoms with Crippen LogP contribution in [0.5, 0.6) is 0 Å². The summed E-state index contributed by atoms with van der Waals surface area (Å²) in [6.07, 6.45) is 3.77. The number of hydrogen-bond acceptors (Lipinski definition) is 3. The number of amides is 2. The number of rotatable bonds is 7. The fourth-order valence-electron chi connectivity index (χ4n) is 3.80. The zero-order valence-electron chi connectivity index (χ0n) is 16.4. The van der Waals surface area contributed by atoms with Crippen LogP contribution in [0.25, 0.3) is 0 Å². The third kappa shape index (κ3) is 5.21. The molecule has 2 amide bonds. The van der Waals surface area contributed by atoms with Gasteiger partial charge in [-0.05, 0) is 43.5 Å². The van der Waals surface area contributed by atoms with Crippen LogP contribution in [-0.2, 0) is 13.1 Å². The second kappa shape index (κ2) is 9.38. The summed E-state index contributed by atoms with van der Waals surface area (Å²) in [6, 6.07) is 9.35. The molecule has 0 aromatic heterocycles. The topological polar surface area (TPSA) is 38.8 Å². The van der Waals surface area contributed by atoms with Crippen molar-refractivity contribution in [1.29, 1.82) is 0 Å². The number of hydrogen-bond donors (Lipinski definition) is 1. The number of urea groups is 1. The SMILES string of the molecule is CCN(CC)Cc1ccccc1CNC(=O)N1CCCN(C2CC2)CC1. The van der Waals surface area contributed by atoms with Crippen LogP contribution in [0, 0.1) is 0 Å². The molecule has 5 nitrogen and oxygen atoms in total. The van der Waals surface area contributed by atoms with Gasteiger partial charge in [0.1, 0.15) is 0 Å². The van der Waals surface area contributed by atoms with Gasteiger partial charge in [-0.1, -0.05) is 38.1 Å². The normalized spacial score (nSPS) is 18.8. The van der Waals surface area contributed by atoms with Crippen molar-refractivity contribution >= 4 is 6.03 Å². The van der Waals surface area contributed by atoms with Crippen LogP contribution < -0.4 is 5.32 Å². The fourth-order valence-corrected chi connectivity index (χ4v) is 3.80.